The topological polar surface area (TPSA) is 0 Å². The Morgan fingerprint density at radius 3 is 2.22 bits per heavy atom. The van der Waals surface area contributed by atoms with Crippen LogP contribution in [0.4, 0.5) is 0 Å². The van der Waals surface area contributed by atoms with E-state index < -0.39 is 0 Å². The summed E-state index contributed by atoms with van der Waals surface area (Å²) in [5.41, 5.74) is 1.43. The van der Waals surface area contributed by atoms with Crippen molar-refractivity contribution in [3.63, 3.8) is 0 Å². The van der Waals surface area contributed by atoms with Crippen molar-refractivity contribution in [1.82, 2.24) is 0 Å². The maximum Gasteiger partial charge on any atom is -0.00240 e. The first-order chi connectivity index (χ1) is 8.88. The molecule has 4 rings (SSSR count). The summed E-state index contributed by atoms with van der Waals surface area (Å²) in [6.45, 7) is 2.22. The van der Waals surface area contributed by atoms with E-state index in [1.165, 1.54) is 37.9 Å². The van der Waals surface area contributed by atoms with Crippen LogP contribution in [0.1, 0.15) is 12.5 Å². The van der Waals surface area contributed by atoms with Crippen LogP contribution in [0.15, 0.2) is 48.5 Å². The van der Waals surface area contributed by atoms with E-state index in [9.17, 15) is 0 Å². The lowest BCUT2D eigenvalue weighted by molar-refractivity contribution is 1.16. The Kier molecular flexibility index (Phi) is 1.90. The molecule has 0 atom stereocenters. The molecule has 0 spiro atoms. The summed E-state index contributed by atoms with van der Waals surface area (Å²) in [5, 5.41) is 8.13. The molecule has 0 aliphatic carbocycles. The first-order valence-electron chi connectivity index (χ1n) is 6.45. The van der Waals surface area contributed by atoms with Crippen LogP contribution < -0.4 is 0 Å². The molecule has 4 aromatic rings. The molecule has 0 aliphatic rings. The maximum atomic E-state index is 3.23. The van der Waals surface area contributed by atoms with E-state index >= 15 is 0 Å². The van der Waals surface area contributed by atoms with Crippen molar-refractivity contribution in [2.75, 3.05) is 0 Å². The highest BCUT2D eigenvalue weighted by Gasteiger charge is 2.09. The molecule has 0 fully saturated rings. The average Bonchev–Trinajstić information content (AvgIpc) is 2.44. The third-order valence-electron chi connectivity index (χ3n) is 3.93. The maximum absolute atomic E-state index is 3.23. The van der Waals surface area contributed by atoms with Crippen LogP contribution in [0, 0.1) is 6.07 Å². The van der Waals surface area contributed by atoms with Crippen molar-refractivity contribution in [2.45, 2.75) is 13.3 Å². The molecule has 0 aliphatic heterocycles. The lowest BCUT2D eigenvalue weighted by Gasteiger charge is -2.12. The fraction of sp³-hybridized carbons (Fsp3) is 0.111. The molecule has 18 heavy (non-hydrogen) atoms. The second kappa shape index (κ2) is 3.46. The largest absolute Gasteiger partial charge is 0.0613 e. The van der Waals surface area contributed by atoms with Gasteiger partial charge >= 0.3 is 0 Å². The summed E-state index contributed by atoms with van der Waals surface area (Å²) in [7, 11) is 0. The molecule has 0 heteroatoms. The molecule has 0 nitrogen and oxygen atoms in total. The van der Waals surface area contributed by atoms with Crippen molar-refractivity contribution in [1.29, 1.82) is 0 Å². The van der Waals surface area contributed by atoms with Crippen molar-refractivity contribution in [2.24, 2.45) is 0 Å². The van der Waals surface area contributed by atoms with E-state index in [0.717, 1.165) is 6.42 Å². The minimum atomic E-state index is 1.08. The normalized spacial score (nSPS) is 11.8. The van der Waals surface area contributed by atoms with Gasteiger partial charge in [0.15, 0.2) is 0 Å². The third kappa shape index (κ3) is 1.15. The van der Waals surface area contributed by atoms with Gasteiger partial charge in [-0.05, 0) is 62.5 Å². The SMILES string of the molecule is CCc1ccc2ccc3c[c]cc4ccc1c2c34. The number of hydrogen-bond donors (Lipinski definition) is 0. The van der Waals surface area contributed by atoms with Crippen LogP contribution in [0.25, 0.3) is 32.3 Å². The van der Waals surface area contributed by atoms with E-state index in [-0.39, 0.29) is 0 Å². The van der Waals surface area contributed by atoms with E-state index in [0.29, 0.717) is 0 Å². The first kappa shape index (κ1) is 9.90. The molecule has 0 amide bonds. The molecule has 0 bridgehead atoms. The first-order valence-corrected chi connectivity index (χ1v) is 6.45. The highest BCUT2D eigenvalue weighted by Crippen LogP contribution is 2.35. The van der Waals surface area contributed by atoms with Crippen molar-refractivity contribution >= 4 is 32.3 Å². The molecule has 0 N–H and O–H groups in total. The summed E-state index contributed by atoms with van der Waals surface area (Å²) in [5.74, 6) is 0. The van der Waals surface area contributed by atoms with Gasteiger partial charge in [-0.25, -0.2) is 0 Å². The van der Waals surface area contributed by atoms with Gasteiger partial charge in [0.1, 0.15) is 0 Å². The average molecular weight is 229 g/mol. The van der Waals surface area contributed by atoms with Gasteiger partial charge in [0.25, 0.3) is 0 Å². The molecule has 0 unspecified atom stereocenters. The van der Waals surface area contributed by atoms with Gasteiger partial charge in [-0.15, -0.1) is 0 Å². The summed E-state index contributed by atoms with van der Waals surface area (Å²) < 4.78 is 0. The van der Waals surface area contributed by atoms with Gasteiger partial charge < -0.3 is 0 Å². The van der Waals surface area contributed by atoms with Crippen LogP contribution in [0.3, 0.4) is 0 Å². The molecular weight excluding hydrogens is 216 g/mol. The Labute approximate surface area is 106 Å². The molecule has 1 radical (unpaired) electrons. The monoisotopic (exact) mass is 229 g/mol. The molecule has 0 aromatic heterocycles. The lowest BCUT2D eigenvalue weighted by atomic mass is 9.91. The Morgan fingerprint density at radius 2 is 1.44 bits per heavy atom. The number of rotatable bonds is 1. The van der Waals surface area contributed by atoms with Crippen LogP contribution >= 0.6 is 0 Å². The van der Waals surface area contributed by atoms with E-state index in [1.807, 2.05) is 0 Å². The summed E-state index contributed by atoms with van der Waals surface area (Å²) in [4.78, 5) is 0. The van der Waals surface area contributed by atoms with Crippen molar-refractivity contribution < 1.29 is 0 Å². The Bertz CT molecular complexity index is 840. The lowest BCUT2D eigenvalue weighted by Crippen LogP contribution is -1.88. The highest BCUT2D eigenvalue weighted by atomic mass is 14.1. The minimum Gasteiger partial charge on any atom is -0.0613 e. The fourth-order valence-corrected chi connectivity index (χ4v) is 3.03. The van der Waals surface area contributed by atoms with Crippen LogP contribution in [0.2, 0.25) is 0 Å². The zero-order valence-corrected chi connectivity index (χ0v) is 10.3. The van der Waals surface area contributed by atoms with Crippen molar-refractivity contribution in [3.8, 4) is 0 Å². The molecular formula is C18H13. The van der Waals surface area contributed by atoms with E-state index in [2.05, 4.69) is 61.5 Å². The highest BCUT2D eigenvalue weighted by molar-refractivity contribution is 6.23. The molecule has 0 saturated carbocycles. The standard InChI is InChI=1S/C18H13/c1-2-12-6-7-15-9-8-13-4-3-5-14-10-11-16(12)18(15)17(13)14/h4-11H,2H2,1H3. The predicted octanol–water partition coefficient (Wildman–Crippen LogP) is 4.95. The van der Waals surface area contributed by atoms with Gasteiger partial charge in [0.2, 0.25) is 0 Å². The number of aryl methyl sites for hydroxylation is 1. The second-order valence-electron chi connectivity index (χ2n) is 4.86. The van der Waals surface area contributed by atoms with Crippen LogP contribution in [-0.4, -0.2) is 0 Å². The second-order valence-corrected chi connectivity index (χ2v) is 4.86. The van der Waals surface area contributed by atoms with Crippen LogP contribution in [-0.2, 0) is 6.42 Å². The summed E-state index contributed by atoms with van der Waals surface area (Å²) in [6.07, 6.45) is 1.08. The minimum absolute atomic E-state index is 1.08. The van der Waals surface area contributed by atoms with Gasteiger partial charge in [-0.3, -0.25) is 0 Å². The van der Waals surface area contributed by atoms with E-state index in [4.69, 9.17) is 0 Å². The van der Waals surface area contributed by atoms with Gasteiger partial charge in [0.05, 0.1) is 0 Å². The van der Waals surface area contributed by atoms with Gasteiger partial charge in [0, 0.05) is 0 Å². The summed E-state index contributed by atoms with van der Waals surface area (Å²) in [6, 6.07) is 20.8. The van der Waals surface area contributed by atoms with E-state index in [1.54, 1.807) is 0 Å². The molecule has 85 valence electrons. The zero-order chi connectivity index (χ0) is 12.1. The number of benzene rings is 4. The Balaban J connectivity index is 2.40. The quantitative estimate of drug-likeness (QED) is 0.405. The van der Waals surface area contributed by atoms with Crippen molar-refractivity contribution in [3.05, 3.63) is 60.2 Å². The van der Waals surface area contributed by atoms with Gasteiger partial charge in [-0.2, -0.15) is 0 Å². The smallest absolute Gasteiger partial charge is 0.00240 e. The van der Waals surface area contributed by atoms with Gasteiger partial charge in [-0.1, -0.05) is 43.3 Å². The Morgan fingerprint density at radius 1 is 0.778 bits per heavy atom. The Hall–Kier alpha value is -2.08. The molecule has 0 heterocycles. The molecule has 0 saturated heterocycles. The predicted molar refractivity (Wildman–Crippen MR) is 78.4 cm³/mol. The zero-order valence-electron chi connectivity index (χ0n) is 10.3. The van der Waals surface area contributed by atoms with Crippen LogP contribution in [0.5, 0.6) is 0 Å². The number of hydrogen-bond acceptors (Lipinski definition) is 0. The molecule has 4 aromatic carbocycles. The fourth-order valence-electron chi connectivity index (χ4n) is 3.03. The third-order valence-corrected chi connectivity index (χ3v) is 3.93. The summed E-state index contributed by atoms with van der Waals surface area (Å²) >= 11 is 0.